The van der Waals surface area contributed by atoms with Crippen LogP contribution in [0.4, 0.5) is 0 Å². The first-order valence-electron chi connectivity index (χ1n) is 6.22. The van der Waals surface area contributed by atoms with E-state index in [1.54, 1.807) is 30.2 Å². The molecule has 0 aromatic heterocycles. The number of methoxy groups -OCH3 is 1. The number of hydrogen-bond acceptors (Lipinski definition) is 3. The van der Waals surface area contributed by atoms with Gasteiger partial charge < -0.3 is 14.7 Å². The van der Waals surface area contributed by atoms with Gasteiger partial charge in [-0.25, -0.2) is 0 Å². The predicted molar refractivity (Wildman–Crippen MR) is 75.6 cm³/mol. The van der Waals surface area contributed by atoms with Crippen molar-refractivity contribution in [3.8, 4) is 5.75 Å². The Morgan fingerprint density at radius 2 is 2.16 bits per heavy atom. The molecule has 0 unspecified atom stereocenters. The van der Waals surface area contributed by atoms with Gasteiger partial charge in [-0.2, -0.15) is 0 Å². The van der Waals surface area contributed by atoms with Crippen molar-refractivity contribution in [3.05, 3.63) is 28.8 Å². The Bertz CT molecular complexity index is 435. The summed E-state index contributed by atoms with van der Waals surface area (Å²) in [6.07, 6.45) is 0.210. The molecule has 1 aromatic carbocycles. The van der Waals surface area contributed by atoms with Gasteiger partial charge in [0.25, 0.3) is 0 Å². The number of ether oxygens (including phenoxy) is 1. The lowest BCUT2D eigenvalue weighted by atomic mass is 10.1. The maximum Gasteiger partial charge on any atom is 0.227 e. The first-order chi connectivity index (χ1) is 8.99. The molecule has 5 heteroatoms. The maximum absolute atomic E-state index is 12.2. The third-order valence-electron chi connectivity index (χ3n) is 2.87. The molecule has 1 amide bonds. The number of rotatable bonds is 6. The van der Waals surface area contributed by atoms with Crippen molar-refractivity contribution in [2.75, 3.05) is 20.3 Å². The van der Waals surface area contributed by atoms with Crippen LogP contribution in [-0.4, -0.2) is 42.2 Å². The molecule has 0 aliphatic heterocycles. The van der Waals surface area contributed by atoms with Gasteiger partial charge >= 0.3 is 0 Å². The van der Waals surface area contributed by atoms with E-state index in [1.165, 1.54) is 0 Å². The molecule has 0 heterocycles. The van der Waals surface area contributed by atoms with E-state index in [4.69, 9.17) is 21.4 Å². The van der Waals surface area contributed by atoms with Crippen LogP contribution in [-0.2, 0) is 11.2 Å². The molecule has 0 bridgehead atoms. The van der Waals surface area contributed by atoms with Gasteiger partial charge in [0.2, 0.25) is 5.91 Å². The summed E-state index contributed by atoms with van der Waals surface area (Å²) >= 11 is 5.94. The highest BCUT2D eigenvalue weighted by Gasteiger charge is 2.18. The monoisotopic (exact) mass is 285 g/mol. The zero-order valence-corrected chi connectivity index (χ0v) is 12.3. The highest BCUT2D eigenvalue weighted by Crippen LogP contribution is 2.23. The summed E-state index contributed by atoms with van der Waals surface area (Å²) in [5, 5.41) is 9.58. The molecule has 0 fully saturated rings. The number of nitrogens with zero attached hydrogens (tertiary/aromatic N) is 1. The summed E-state index contributed by atoms with van der Waals surface area (Å²) < 4.78 is 5.22. The molecule has 0 saturated heterocycles. The Morgan fingerprint density at radius 1 is 1.47 bits per heavy atom. The van der Waals surface area contributed by atoms with E-state index in [2.05, 4.69) is 0 Å². The van der Waals surface area contributed by atoms with Crippen LogP contribution in [0.5, 0.6) is 5.75 Å². The Hall–Kier alpha value is -1.26. The number of aliphatic hydroxyl groups excluding tert-OH is 1. The number of hydrogen-bond donors (Lipinski definition) is 1. The molecule has 0 aliphatic carbocycles. The smallest absolute Gasteiger partial charge is 0.227 e. The lowest BCUT2D eigenvalue weighted by molar-refractivity contribution is -0.132. The minimum atomic E-state index is -0.0513. The first kappa shape index (κ1) is 15.8. The zero-order chi connectivity index (χ0) is 14.4. The van der Waals surface area contributed by atoms with Gasteiger partial charge in [-0.15, -0.1) is 0 Å². The average molecular weight is 286 g/mol. The van der Waals surface area contributed by atoms with Gasteiger partial charge in [-0.1, -0.05) is 11.6 Å². The maximum atomic E-state index is 12.2. The van der Waals surface area contributed by atoms with Crippen molar-refractivity contribution in [2.24, 2.45) is 0 Å². The number of benzene rings is 1. The van der Waals surface area contributed by atoms with Crippen molar-refractivity contribution < 1.29 is 14.6 Å². The van der Waals surface area contributed by atoms with Crippen molar-refractivity contribution in [3.63, 3.8) is 0 Å². The fourth-order valence-electron chi connectivity index (χ4n) is 1.93. The summed E-state index contributed by atoms with van der Waals surface area (Å²) in [4.78, 5) is 13.9. The molecule has 0 atom stereocenters. The van der Waals surface area contributed by atoms with Gasteiger partial charge in [-0.05, 0) is 32.0 Å². The lowest BCUT2D eigenvalue weighted by Gasteiger charge is -2.26. The molecule has 0 radical (unpaired) electrons. The lowest BCUT2D eigenvalue weighted by Crippen LogP contribution is -2.39. The Kier molecular flexibility index (Phi) is 6.12. The van der Waals surface area contributed by atoms with Crippen molar-refractivity contribution in [1.82, 2.24) is 4.90 Å². The van der Waals surface area contributed by atoms with Crippen LogP contribution in [0.2, 0.25) is 5.02 Å². The Labute approximate surface area is 118 Å². The molecule has 0 spiro atoms. The summed E-state index contributed by atoms with van der Waals surface area (Å²) in [5.74, 6) is 0.593. The van der Waals surface area contributed by atoms with Crippen LogP contribution >= 0.6 is 11.6 Å². The molecular formula is C14H20ClNO3. The molecular weight excluding hydrogens is 266 g/mol. The molecule has 19 heavy (non-hydrogen) atoms. The topological polar surface area (TPSA) is 49.8 Å². The second-order valence-electron chi connectivity index (χ2n) is 4.54. The zero-order valence-electron chi connectivity index (χ0n) is 11.5. The Morgan fingerprint density at radius 3 is 2.68 bits per heavy atom. The highest BCUT2D eigenvalue weighted by molar-refractivity contribution is 6.30. The van der Waals surface area contributed by atoms with Gasteiger partial charge in [0, 0.05) is 23.2 Å². The number of carbonyl (C=O) groups is 1. The van der Waals surface area contributed by atoms with E-state index in [0.29, 0.717) is 17.3 Å². The SMILES string of the molecule is COc1ccc(Cl)cc1CC(=O)N(CCO)C(C)C. The normalized spacial score (nSPS) is 10.6. The van der Waals surface area contributed by atoms with Crippen LogP contribution < -0.4 is 4.74 Å². The largest absolute Gasteiger partial charge is 0.496 e. The van der Waals surface area contributed by atoms with Crippen molar-refractivity contribution in [2.45, 2.75) is 26.3 Å². The van der Waals surface area contributed by atoms with Gasteiger partial charge in [0.05, 0.1) is 20.1 Å². The Balaban J connectivity index is 2.88. The summed E-state index contributed by atoms with van der Waals surface area (Å²) in [6.45, 7) is 4.13. The number of aliphatic hydroxyl groups is 1. The van der Waals surface area contributed by atoms with E-state index >= 15 is 0 Å². The fraction of sp³-hybridized carbons (Fsp3) is 0.500. The molecule has 1 rings (SSSR count). The van der Waals surface area contributed by atoms with Crippen LogP contribution in [0, 0.1) is 0 Å². The van der Waals surface area contributed by atoms with Crippen LogP contribution in [0.25, 0.3) is 0 Å². The molecule has 0 saturated carbocycles. The quantitative estimate of drug-likeness (QED) is 0.871. The van der Waals surface area contributed by atoms with E-state index < -0.39 is 0 Å². The van der Waals surface area contributed by atoms with Crippen LogP contribution in [0.3, 0.4) is 0 Å². The second-order valence-corrected chi connectivity index (χ2v) is 4.97. The van der Waals surface area contributed by atoms with Gasteiger partial charge in [0.15, 0.2) is 0 Å². The van der Waals surface area contributed by atoms with Gasteiger partial charge in [-0.3, -0.25) is 4.79 Å². The van der Waals surface area contributed by atoms with E-state index in [9.17, 15) is 4.79 Å². The van der Waals surface area contributed by atoms with E-state index in [-0.39, 0.29) is 25.0 Å². The summed E-state index contributed by atoms with van der Waals surface area (Å²) in [6, 6.07) is 5.25. The molecule has 1 aromatic rings. The second kappa shape index (κ2) is 7.36. The van der Waals surface area contributed by atoms with Crippen molar-refractivity contribution >= 4 is 17.5 Å². The van der Waals surface area contributed by atoms with Crippen LogP contribution in [0.1, 0.15) is 19.4 Å². The minimum absolute atomic E-state index is 0.0450. The van der Waals surface area contributed by atoms with Gasteiger partial charge in [0.1, 0.15) is 5.75 Å². The average Bonchev–Trinajstić information content (AvgIpc) is 2.35. The third-order valence-corrected chi connectivity index (χ3v) is 3.10. The van der Waals surface area contributed by atoms with Crippen molar-refractivity contribution in [1.29, 1.82) is 0 Å². The van der Waals surface area contributed by atoms with E-state index in [1.807, 2.05) is 13.8 Å². The molecule has 1 N–H and O–H groups in total. The molecule has 106 valence electrons. The van der Waals surface area contributed by atoms with Crippen LogP contribution in [0.15, 0.2) is 18.2 Å². The number of carbonyl (C=O) groups excluding carboxylic acids is 1. The number of amides is 1. The molecule has 4 nitrogen and oxygen atoms in total. The highest BCUT2D eigenvalue weighted by atomic mass is 35.5. The minimum Gasteiger partial charge on any atom is -0.496 e. The fourth-order valence-corrected chi connectivity index (χ4v) is 2.12. The molecule has 0 aliphatic rings. The predicted octanol–water partition coefficient (Wildman–Crippen LogP) is 2.12. The summed E-state index contributed by atoms with van der Waals surface area (Å²) in [5.41, 5.74) is 0.753. The summed E-state index contributed by atoms with van der Waals surface area (Å²) in [7, 11) is 1.56. The van der Waals surface area contributed by atoms with E-state index in [0.717, 1.165) is 5.56 Å². The standard InChI is InChI=1S/C14H20ClNO3/c1-10(2)16(6-7-17)14(18)9-11-8-12(15)4-5-13(11)19-3/h4-5,8,10,17H,6-7,9H2,1-3H3. The third kappa shape index (κ3) is 4.40. The first-order valence-corrected chi connectivity index (χ1v) is 6.60. The number of halogens is 1.